The van der Waals surface area contributed by atoms with Gasteiger partial charge in [0.2, 0.25) is 5.91 Å². The smallest absolute Gasteiger partial charge is 0.227 e. The van der Waals surface area contributed by atoms with Gasteiger partial charge >= 0.3 is 0 Å². The Morgan fingerprint density at radius 1 is 1.18 bits per heavy atom. The number of rotatable bonds is 4. The van der Waals surface area contributed by atoms with Crippen LogP contribution in [0, 0.1) is 6.92 Å². The first-order chi connectivity index (χ1) is 13.5. The van der Waals surface area contributed by atoms with Crippen molar-refractivity contribution in [3.63, 3.8) is 0 Å². The number of aromatic nitrogens is 2. The summed E-state index contributed by atoms with van der Waals surface area (Å²) in [5.74, 6) is 1.46. The van der Waals surface area contributed by atoms with E-state index in [9.17, 15) is 4.79 Å². The summed E-state index contributed by atoms with van der Waals surface area (Å²) >= 11 is 0. The predicted octanol–water partition coefficient (Wildman–Crippen LogP) is 3.55. The van der Waals surface area contributed by atoms with E-state index in [0.29, 0.717) is 25.4 Å². The molecule has 1 aromatic carbocycles. The molecule has 146 valence electrons. The van der Waals surface area contributed by atoms with Gasteiger partial charge in [0.05, 0.1) is 18.9 Å². The quantitative estimate of drug-likeness (QED) is 0.695. The second-order valence-corrected chi connectivity index (χ2v) is 7.73. The van der Waals surface area contributed by atoms with Crippen LogP contribution in [0.25, 0.3) is 11.0 Å². The van der Waals surface area contributed by atoms with E-state index in [-0.39, 0.29) is 5.91 Å². The monoisotopic (exact) mass is 378 g/mol. The van der Waals surface area contributed by atoms with Crippen LogP contribution in [0.5, 0.6) is 0 Å². The van der Waals surface area contributed by atoms with Crippen LogP contribution in [0.2, 0.25) is 0 Å². The predicted molar refractivity (Wildman–Crippen MR) is 110 cm³/mol. The number of aryl methyl sites for hydroxylation is 1. The highest BCUT2D eigenvalue weighted by atomic mass is 16.3. The summed E-state index contributed by atoms with van der Waals surface area (Å²) in [6, 6.07) is 4.27. The fraction of sp³-hybridized carbons (Fsp3) is 0.409. The molecule has 3 aromatic rings. The Hall–Kier alpha value is -2.89. The van der Waals surface area contributed by atoms with Gasteiger partial charge < -0.3 is 14.2 Å². The Labute approximate surface area is 165 Å². The molecular weight excluding hydrogens is 352 g/mol. The van der Waals surface area contributed by atoms with Crippen molar-refractivity contribution >= 4 is 22.7 Å². The molecule has 0 unspecified atom stereocenters. The molecular formula is C22H26N4O2. The fourth-order valence-corrected chi connectivity index (χ4v) is 3.92. The first-order valence-electron chi connectivity index (χ1n) is 9.82. The molecule has 28 heavy (non-hydrogen) atoms. The van der Waals surface area contributed by atoms with Crippen LogP contribution in [-0.2, 0) is 11.2 Å². The Morgan fingerprint density at radius 2 is 1.96 bits per heavy atom. The molecule has 0 spiro atoms. The minimum Gasteiger partial charge on any atom is -0.464 e. The van der Waals surface area contributed by atoms with E-state index in [0.717, 1.165) is 35.4 Å². The van der Waals surface area contributed by atoms with Gasteiger partial charge in [0, 0.05) is 49.5 Å². The number of piperazine rings is 1. The van der Waals surface area contributed by atoms with Gasteiger partial charge in [-0.1, -0.05) is 13.8 Å². The molecule has 6 nitrogen and oxygen atoms in total. The number of hydrogen-bond acceptors (Lipinski definition) is 5. The van der Waals surface area contributed by atoms with Crippen molar-refractivity contribution in [2.45, 2.75) is 33.1 Å². The molecule has 0 radical (unpaired) electrons. The minimum absolute atomic E-state index is 0.146. The fourth-order valence-electron chi connectivity index (χ4n) is 3.92. The maximum Gasteiger partial charge on any atom is 0.227 e. The highest BCUT2D eigenvalue weighted by Crippen LogP contribution is 2.29. The van der Waals surface area contributed by atoms with Gasteiger partial charge in [-0.25, -0.2) is 4.98 Å². The second-order valence-electron chi connectivity index (χ2n) is 7.73. The standard InChI is InChI=1S/C22H26N4O2/c1-15(2)18-12-19-17(14-28-20(19)10-16(18)3)11-22(27)26-8-6-25(7-9-26)21-13-23-4-5-24-21/h4-5,10,12-15H,6-9,11H2,1-3H3. The van der Waals surface area contributed by atoms with Crippen LogP contribution < -0.4 is 4.90 Å². The highest BCUT2D eigenvalue weighted by molar-refractivity contribution is 5.88. The first kappa shape index (κ1) is 18.5. The first-order valence-corrected chi connectivity index (χ1v) is 9.82. The van der Waals surface area contributed by atoms with Gasteiger partial charge in [0.15, 0.2) is 0 Å². The highest BCUT2D eigenvalue weighted by Gasteiger charge is 2.23. The van der Waals surface area contributed by atoms with Crippen molar-refractivity contribution in [2.24, 2.45) is 0 Å². The van der Waals surface area contributed by atoms with Crippen LogP contribution in [0.3, 0.4) is 0 Å². The number of furan rings is 1. The molecule has 3 heterocycles. The molecule has 0 saturated carbocycles. The SMILES string of the molecule is Cc1cc2occ(CC(=O)N3CCN(c4cnccn4)CC3)c2cc1C(C)C. The lowest BCUT2D eigenvalue weighted by atomic mass is 9.95. The molecule has 6 heteroatoms. The van der Waals surface area contributed by atoms with E-state index < -0.39 is 0 Å². The number of nitrogens with zero attached hydrogens (tertiary/aromatic N) is 4. The molecule has 1 aliphatic heterocycles. The summed E-state index contributed by atoms with van der Waals surface area (Å²) in [6.45, 7) is 9.42. The van der Waals surface area contributed by atoms with E-state index in [4.69, 9.17) is 4.42 Å². The molecule has 0 N–H and O–H groups in total. The number of fused-ring (bicyclic) bond motifs is 1. The lowest BCUT2D eigenvalue weighted by molar-refractivity contribution is -0.130. The van der Waals surface area contributed by atoms with E-state index in [1.165, 1.54) is 11.1 Å². The van der Waals surface area contributed by atoms with E-state index in [1.54, 1.807) is 24.9 Å². The van der Waals surface area contributed by atoms with E-state index >= 15 is 0 Å². The molecule has 1 saturated heterocycles. The van der Waals surface area contributed by atoms with Crippen molar-refractivity contribution in [1.29, 1.82) is 0 Å². The zero-order chi connectivity index (χ0) is 19.7. The number of carbonyl (C=O) groups excluding carboxylic acids is 1. The van der Waals surface area contributed by atoms with Gasteiger partial charge in [-0.3, -0.25) is 9.78 Å². The van der Waals surface area contributed by atoms with Crippen molar-refractivity contribution in [2.75, 3.05) is 31.1 Å². The second kappa shape index (κ2) is 7.62. The van der Waals surface area contributed by atoms with Gasteiger partial charge in [0.1, 0.15) is 11.4 Å². The largest absolute Gasteiger partial charge is 0.464 e. The average molecular weight is 378 g/mol. The number of carbonyl (C=O) groups is 1. The summed E-state index contributed by atoms with van der Waals surface area (Å²) in [6.07, 6.45) is 7.25. The molecule has 0 aliphatic carbocycles. The van der Waals surface area contributed by atoms with Gasteiger partial charge in [-0.15, -0.1) is 0 Å². The van der Waals surface area contributed by atoms with Crippen LogP contribution in [0.1, 0.15) is 36.5 Å². The Kier molecular flexibility index (Phi) is 5.03. The zero-order valence-electron chi connectivity index (χ0n) is 16.7. The van der Waals surface area contributed by atoms with Gasteiger partial charge in [-0.05, 0) is 36.1 Å². The van der Waals surface area contributed by atoms with Crippen molar-refractivity contribution < 1.29 is 9.21 Å². The third-order valence-corrected chi connectivity index (χ3v) is 5.51. The van der Waals surface area contributed by atoms with Crippen LogP contribution in [0.4, 0.5) is 5.82 Å². The molecule has 1 aliphatic rings. The van der Waals surface area contributed by atoms with Crippen molar-refractivity contribution in [3.8, 4) is 0 Å². The Morgan fingerprint density at radius 3 is 2.64 bits per heavy atom. The molecule has 2 aromatic heterocycles. The number of anilines is 1. The molecule has 4 rings (SSSR count). The summed E-state index contributed by atoms with van der Waals surface area (Å²) in [5, 5.41) is 1.06. The van der Waals surface area contributed by atoms with Gasteiger partial charge in [0.25, 0.3) is 0 Å². The van der Waals surface area contributed by atoms with E-state index in [1.807, 2.05) is 4.90 Å². The zero-order valence-corrected chi connectivity index (χ0v) is 16.7. The molecule has 0 bridgehead atoms. The van der Waals surface area contributed by atoms with Crippen molar-refractivity contribution in [3.05, 3.63) is 53.7 Å². The topological polar surface area (TPSA) is 62.5 Å². The molecule has 0 atom stereocenters. The average Bonchev–Trinajstić information content (AvgIpc) is 3.09. The Bertz CT molecular complexity index is 973. The van der Waals surface area contributed by atoms with Crippen LogP contribution in [-0.4, -0.2) is 47.0 Å². The maximum absolute atomic E-state index is 12.9. The molecule has 1 fully saturated rings. The van der Waals surface area contributed by atoms with Crippen LogP contribution in [0.15, 0.2) is 41.4 Å². The number of hydrogen-bond donors (Lipinski definition) is 0. The number of amides is 1. The third kappa shape index (κ3) is 3.59. The van der Waals surface area contributed by atoms with Crippen LogP contribution >= 0.6 is 0 Å². The van der Waals surface area contributed by atoms with Crippen molar-refractivity contribution in [1.82, 2.24) is 14.9 Å². The summed E-state index contributed by atoms with van der Waals surface area (Å²) < 4.78 is 5.73. The third-order valence-electron chi connectivity index (χ3n) is 5.51. The van der Waals surface area contributed by atoms with E-state index in [2.05, 4.69) is 47.8 Å². The summed E-state index contributed by atoms with van der Waals surface area (Å²) in [7, 11) is 0. The molecule has 1 amide bonds. The lowest BCUT2D eigenvalue weighted by Crippen LogP contribution is -2.49. The normalized spacial score (nSPS) is 14.9. The lowest BCUT2D eigenvalue weighted by Gasteiger charge is -2.35. The van der Waals surface area contributed by atoms with Gasteiger partial charge in [-0.2, -0.15) is 0 Å². The summed E-state index contributed by atoms with van der Waals surface area (Å²) in [4.78, 5) is 25.4. The Balaban J connectivity index is 1.45. The summed E-state index contributed by atoms with van der Waals surface area (Å²) in [5.41, 5.74) is 4.37. The number of benzene rings is 1. The minimum atomic E-state index is 0.146. The maximum atomic E-state index is 12.9.